The highest BCUT2D eigenvalue weighted by molar-refractivity contribution is 5.79. The summed E-state index contributed by atoms with van der Waals surface area (Å²) in [7, 11) is 0. The predicted octanol–water partition coefficient (Wildman–Crippen LogP) is -0.525. The van der Waals surface area contributed by atoms with Crippen LogP contribution in [-0.4, -0.2) is 106 Å². The van der Waals surface area contributed by atoms with Gasteiger partial charge in [-0.2, -0.15) is 0 Å². The minimum absolute atomic E-state index is 0.819. The van der Waals surface area contributed by atoms with Crippen molar-refractivity contribution in [3.8, 4) is 0 Å². The van der Waals surface area contributed by atoms with Gasteiger partial charge >= 0.3 is 11.9 Å². The second kappa shape index (κ2) is 5.03. The molecule has 0 bridgehead atoms. The number of hydrogen-bond acceptors (Lipinski definition) is 4. The maximum Gasteiger partial charge on any atom is 0.355 e. The Kier molecular flexibility index (Phi) is 2.55. The molecule has 0 atom stereocenters. The summed E-state index contributed by atoms with van der Waals surface area (Å²) < 4.78 is 22.2. The normalized spacial score (nSPS) is 32.0. The van der Waals surface area contributed by atoms with Crippen molar-refractivity contribution >= 4 is 11.9 Å². The van der Waals surface area contributed by atoms with Gasteiger partial charge in [-0.1, -0.05) is 0 Å². The minimum atomic E-state index is -1.45. The van der Waals surface area contributed by atoms with E-state index in [1.807, 2.05) is 0 Å². The van der Waals surface area contributed by atoms with Crippen LogP contribution in [0.4, 0.5) is 0 Å². The Morgan fingerprint density at radius 3 is 1.64 bits per heavy atom. The van der Waals surface area contributed by atoms with E-state index in [9.17, 15) is 0 Å². The van der Waals surface area contributed by atoms with Crippen LogP contribution in [0.5, 0.6) is 0 Å². The van der Waals surface area contributed by atoms with Crippen molar-refractivity contribution in [2.24, 2.45) is 0 Å². The summed E-state index contributed by atoms with van der Waals surface area (Å²) in [5.41, 5.74) is 0. The van der Waals surface area contributed by atoms with E-state index in [0.29, 0.717) is 0 Å². The second-order valence-corrected chi connectivity index (χ2v) is 7.06. The lowest BCUT2D eigenvalue weighted by atomic mass is 10.2. The van der Waals surface area contributed by atoms with Crippen LogP contribution in [0.15, 0.2) is 0 Å². The van der Waals surface area contributed by atoms with Crippen LogP contribution in [0.25, 0.3) is 0 Å². The molecule has 0 amide bonds. The third-order valence-electron chi connectivity index (χ3n) is 5.53. The molecule has 5 heterocycles. The van der Waals surface area contributed by atoms with Gasteiger partial charge in [-0.25, -0.2) is 19.0 Å². The van der Waals surface area contributed by atoms with E-state index >= 15 is 0 Å². The standard InChI is InChI=1S/C16H28N6/c1-5-17-6-2-10-21-14-22-12-4-8-18-7-3-11-20(16(18)22)13-19(9-1)15(17)21/h1-14H2/q+2/i13D2. The molecule has 5 rings (SSSR count). The summed E-state index contributed by atoms with van der Waals surface area (Å²) in [6.07, 6.45) is 4.45. The van der Waals surface area contributed by atoms with E-state index in [-0.39, 0.29) is 0 Å². The van der Waals surface area contributed by atoms with Gasteiger partial charge in [-0.3, -0.25) is 9.80 Å². The van der Waals surface area contributed by atoms with Crippen LogP contribution in [-0.2, 0) is 0 Å². The monoisotopic (exact) mass is 306 g/mol. The Labute approximate surface area is 135 Å². The lowest BCUT2D eigenvalue weighted by Gasteiger charge is -2.43. The highest BCUT2D eigenvalue weighted by atomic mass is 15.6. The van der Waals surface area contributed by atoms with Gasteiger partial charge in [0.05, 0.1) is 52.4 Å². The van der Waals surface area contributed by atoms with Crippen molar-refractivity contribution in [2.75, 3.05) is 65.6 Å². The first-order valence-electron chi connectivity index (χ1n) is 9.95. The van der Waals surface area contributed by atoms with Crippen molar-refractivity contribution in [1.82, 2.24) is 19.6 Å². The molecule has 6 nitrogen and oxygen atoms in total. The van der Waals surface area contributed by atoms with Gasteiger partial charge < -0.3 is 0 Å². The van der Waals surface area contributed by atoms with E-state index in [4.69, 9.17) is 2.74 Å². The third-order valence-corrected chi connectivity index (χ3v) is 5.53. The van der Waals surface area contributed by atoms with Crippen LogP contribution in [0.3, 0.4) is 0 Å². The van der Waals surface area contributed by atoms with E-state index in [2.05, 4.69) is 28.8 Å². The molecule has 0 N–H and O–H groups in total. The SMILES string of the molecule is [2H]C1([2H])[N+]2=C3N(CCCN3CN3CCCN4CCC[N+]1=C43)CCC2. The van der Waals surface area contributed by atoms with E-state index in [1.54, 1.807) is 0 Å². The van der Waals surface area contributed by atoms with Crippen molar-refractivity contribution in [3.05, 3.63) is 0 Å². The van der Waals surface area contributed by atoms with Crippen molar-refractivity contribution in [1.29, 1.82) is 0 Å². The van der Waals surface area contributed by atoms with Gasteiger partial charge in [0.15, 0.2) is 13.3 Å². The Bertz CT molecular complexity index is 566. The average Bonchev–Trinajstić information content (AvgIpc) is 2.60. The number of rotatable bonds is 0. The summed E-state index contributed by atoms with van der Waals surface area (Å²) >= 11 is 0. The lowest BCUT2D eigenvalue weighted by Crippen LogP contribution is -2.67. The first-order valence-corrected chi connectivity index (χ1v) is 8.95. The maximum atomic E-state index is 9.04. The highest BCUT2D eigenvalue weighted by Crippen LogP contribution is 2.20. The highest BCUT2D eigenvalue weighted by Gasteiger charge is 2.44. The fourth-order valence-corrected chi connectivity index (χ4v) is 4.66. The second-order valence-electron chi connectivity index (χ2n) is 7.06. The molecule has 6 heteroatoms. The third kappa shape index (κ3) is 1.92. The molecule has 0 spiro atoms. The van der Waals surface area contributed by atoms with Gasteiger partial charge in [-0.15, -0.1) is 0 Å². The maximum absolute atomic E-state index is 9.04. The quantitative estimate of drug-likeness (QED) is 0.560. The largest absolute Gasteiger partial charge is 0.355 e. The predicted molar refractivity (Wildman–Crippen MR) is 85.0 cm³/mol. The smallest absolute Gasteiger partial charge is 0.264 e. The molecular weight excluding hydrogens is 276 g/mol. The summed E-state index contributed by atoms with van der Waals surface area (Å²) in [6, 6.07) is 0. The summed E-state index contributed by atoms with van der Waals surface area (Å²) in [4.78, 5) is 9.70. The molecule has 22 heavy (non-hydrogen) atoms. The number of hydrogen-bond donors (Lipinski definition) is 0. The molecule has 0 aromatic rings. The van der Waals surface area contributed by atoms with Gasteiger partial charge in [0.2, 0.25) is 0 Å². The first-order chi connectivity index (χ1) is 11.7. The zero-order chi connectivity index (χ0) is 16.3. The number of nitrogens with zero attached hydrogens (tertiary/aromatic N) is 6. The molecule has 0 aromatic heterocycles. The summed E-state index contributed by atoms with van der Waals surface area (Å²) in [6.45, 7) is 7.46. The minimum Gasteiger partial charge on any atom is -0.264 e. The van der Waals surface area contributed by atoms with Crippen molar-refractivity contribution in [2.45, 2.75) is 25.7 Å². The molecule has 0 unspecified atom stereocenters. The Hall–Kier alpha value is -1.46. The van der Waals surface area contributed by atoms with Crippen LogP contribution in [0.2, 0.25) is 0 Å². The molecule has 120 valence electrons. The fraction of sp³-hybridized carbons (Fsp3) is 0.875. The zero-order valence-electron chi connectivity index (χ0n) is 15.4. The van der Waals surface area contributed by atoms with Crippen LogP contribution in [0, 0.1) is 0 Å². The molecule has 0 aromatic carbocycles. The van der Waals surface area contributed by atoms with Crippen LogP contribution in [0.1, 0.15) is 28.4 Å². The summed E-state index contributed by atoms with van der Waals surface area (Å²) in [5, 5.41) is 0. The molecular formula is C16H28N6+2. The molecule has 5 aliphatic heterocycles. The fourth-order valence-electron chi connectivity index (χ4n) is 4.66. The van der Waals surface area contributed by atoms with Gasteiger partial charge in [-0.05, 0) is 0 Å². The molecule has 0 saturated carbocycles. The Balaban J connectivity index is 1.70. The molecule has 0 aliphatic carbocycles. The Morgan fingerprint density at radius 1 is 0.636 bits per heavy atom. The summed E-state index contributed by atoms with van der Waals surface area (Å²) in [5.74, 6) is 2.28. The van der Waals surface area contributed by atoms with E-state index in [0.717, 1.165) is 83.8 Å². The number of guanidine groups is 2. The first kappa shape index (κ1) is 11.1. The van der Waals surface area contributed by atoms with Crippen LogP contribution >= 0.6 is 0 Å². The van der Waals surface area contributed by atoms with Gasteiger partial charge in [0.25, 0.3) is 0 Å². The van der Waals surface area contributed by atoms with E-state index < -0.39 is 6.62 Å². The molecule has 2 saturated heterocycles. The molecule has 5 aliphatic rings. The van der Waals surface area contributed by atoms with Gasteiger partial charge in [0, 0.05) is 25.7 Å². The molecule has 2 fully saturated rings. The van der Waals surface area contributed by atoms with E-state index in [1.165, 1.54) is 12.8 Å². The molecule has 0 radical (unpaired) electrons. The topological polar surface area (TPSA) is 19.0 Å². The average molecular weight is 306 g/mol. The Morgan fingerprint density at radius 2 is 1.09 bits per heavy atom. The van der Waals surface area contributed by atoms with Crippen molar-refractivity contribution < 1.29 is 11.9 Å². The lowest BCUT2D eigenvalue weighted by molar-refractivity contribution is -0.741. The zero-order valence-corrected chi connectivity index (χ0v) is 13.4. The van der Waals surface area contributed by atoms with Crippen molar-refractivity contribution in [3.63, 3.8) is 0 Å². The van der Waals surface area contributed by atoms with Crippen LogP contribution < -0.4 is 0 Å². The van der Waals surface area contributed by atoms with Gasteiger partial charge in [0.1, 0.15) is 2.74 Å².